The third-order valence-electron chi connectivity index (χ3n) is 5.26. The van der Waals surface area contributed by atoms with Crippen molar-refractivity contribution in [3.8, 4) is 11.5 Å². The SMILES string of the molecule is COc1cccc(N2CCC(CNC(=O)NCCCOc3ccc(Cl)cc3C)C2)c1. The molecule has 0 saturated carbocycles. The molecule has 0 aromatic heterocycles. The van der Waals surface area contributed by atoms with Gasteiger partial charge in [-0.2, -0.15) is 0 Å². The van der Waals surface area contributed by atoms with Gasteiger partial charge >= 0.3 is 6.03 Å². The van der Waals surface area contributed by atoms with Crippen LogP contribution in [0.25, 0.3) is 0 Å². The number of carbonyl (C=O) groups is 1. The zero-order valence-corrected chi connectivity index (χ0v) is 18.4. The van der Waals surface area contributed by atoms with Crippen molar-refractivity contribution in [3.63, 3.8) is 0 Å². The second kappa shape index (κ2) is 11.0. The molecule has 162 valence electrons. The molecule has 2 aromatic rings. The molecule has 1 aliphatic heterocycles. The molecule has 2 amide bonds. The Morgan fingerprint density at radius 3 is 2.90 bits per heavy atom. The smallest absolute Gasteiger partial charge is 0.314 e. The third kappa shape index (κ3) is 6.46. The number of methoxy groups -OCH3 is 1. The second-order valence-corrected chi connectivity index (χ2v) is 7.99. The highest BCUT2D eigenvalue weighted by molar-refractivity contribution is 6.30. The maximum atomic E-state index is 12.1. The first-order valence-electron chi connectivity index (χ1n) is 10.3. The van der Waals surface area contributed by atoms with Crippen LogP contribution < -0.4 is 25.0 Å². The summed E-state index contributed by atoms with van der Waals surface area (Å²) in [6.07, 6.45) is 1.80. The maximum absolute atomic E-state index is 12.1. The lowest BCUT2D eigenvalue weighted by molar-refractivity contribution is 0.237. The summed E-state index contributed by atoms with van der Waals surface area (Å²) in [5.74, 6) is 2.13. The lowest BCUT2D eigenvalue weighted by atomic mass is 10.1. The molecule has 3 rings (SSSR count). The number of rotatable bonds is 9. The van der Waals surface area contributed by atoms with Crippen molar-refractivity contribution in [1.29, 1.82) is 0 Å². The highest BCUT2D eigenvalue weighted by atomic mass is 35.5. The Morgan fingerprint density at radius 1 is 1.23 bits per heavy atom. The molecular weight excluding hydrogens is 402 g/mol. The molecule has 2 N–H and O–H groups in total. The Kier molecular flexibility index (Phi) is 8.08. The number of ether oxygens (including phenoxy) is 2. The topological polar surface area (TPSA) is 62.8 Å². The Hall–Kier alpha value is -2.60. The molecule has 0 spiro atoms. The standard InChI is InChI=1S/C23H30ClN3O3/c1-17-13-19(24)7-8-22(17)30-12-4-10-25-23(28)26-15-18-9-11-27(16-18)20-5-3-6-21(14-20)29-2/h3,5-8,13-14,18H,4,9-12,15-16H2,1-2H3,(H2,25,26,28). The van der Waals surface area contributed by atoms with Crippen LogP contribution >= 0.6 is 11.6 Å². The van der Waals surface area contributed by atoms with Crippen LogP contribution in [0.5, 0.6) is 11.5 Å². The van der Waals surface area contributed by atoms with Gasteiger partial charge in [-0.05, 0) is 61.6 Å². The normalized spacial score (nSPS) is 15.7. The van der Waals surface area contributed by atoms with Gasteiger partial charge in [0.2, 0.25) is 0 Å². The minimum Gasteiger partial charge on any atom is -0.497 e. The van der Waals surface area contributed by atoms with Crippen molar-refractivity contribution in [3.05, 3.63) is 53.1 Å². The van der Waals surface area contributed by atoms with Crippen LogP contribution in [0.15, 0.2) is 42.5 Å². The van der Waals surface area contributed by atoms with Gasteiger partial charge in [0.1, 0.15) is 11.5 Å². The minimum absolute atomic E-state index is 0.127. The van der Waals surface area contributed by atoms with Crippen LogP contribution in [0.3, 0.4) is 0 Å². The summed E-state index contributed by atoms with van der Waals surface area (Å²) in [5.41, 5.74) is 2.17. The quantitative estimate of drug-likeness (QED) is 0.582. The fourth-order valence-electron chi connectivity index (χ4n) is 3.57. The van der Waals surface area contributed by atoms with E-state index in [1.807, 2.05) is 37.3 Å². The molecule has 6 nitrogen and oxygen atoms in total. The average Bonchev–Trinajstić information content (AvgIpc) is 3.22. The van der Waals surface area contributed by atoms with Crippen molar-refractivity contribution >= 4 is 23.3 Å². The molecule has 0 bridgehead atoms. The van der Waals surface area contributed by atoms with Crippen molar-refractivity contribution in [2.75, 3.05) is 44.8 Å². The van der Waals surface area contributed by atoms with Crippen LogP contribution in [0, 0.1) is 12.8 Å². The van der Waals surface area contributed by atoms with E-state index < -0.39 is 0 Å². The fourth-order valence-corrected chi connectivity index (χ4v) is 3.80. The molecule has 0 radical (unpaired) electrons. The van der Waals surface area contributed by atoms with Gasteiger partial charge in [-0.15, -0.1) is 0 Å². The van der Waals surface area contributed by atoms with Crippen LogP contribution in [-0.2, 0) is 0 Å². The zero-order chi connectivity index (χ0) is 21.3. The summed E-state index contributed by atoms with van der Waals surface area (Å²) in [6, 6.07) is 13.5. The monoisotopic (exact) mass is 431 g/mol. The lowest BCUT2D eigenvalue weighted by Crippen LogP contribution is -2.39. The second-order valence-electron chi connectivity index (χ2n) is 7.55. The summed E-state index contributed by atoms with van der Waals surface area (Å²) in [6.45, 7) is 5.67. The number of hydrogen-bond acceptors (Lipinski definition) is 4. The van der Waals surface area contributed by atoms with Crippen molar-refractivity contribution < 1.29 is 14.3 Å². The van der Waals surface area contributed by atoms with E-state index in [1.54, 1.807) is 7.11 Å². The van der Waals surface area contributed by atoms with E-state index in [0.717, 1.165) is 48.7 Å². The number of halogens is 1. The van der Waals surface area contributed by atoms with Crippen molar-refractivity contribution in [2.24, 2.45) is 5.92 Å². The lowest BCUT2D eigenvalue weighted by Gasteiger charge is -2.19. The molecule has 1 unspecified atom stereocenters. The Balaban J connectivity index is 1.29. The van der Waals surface area contributed by atoms with Gasteiger partial charge < -0.3 is 25.0 Å². The molecule has 1 saturated heterocycles. The predicted octanol–water partition coefficient (Wildman–Crippen LogP) is 4.25. The van der Waals surface area contributed by atoms with E-state index in [9.17, 15) is 4.79 Å². The molecule has 7 heteroatoms. The number of nitrogens with zero attached hydrogens (tertiary/aromatic N) is 1. The van der Waals surface area contributed by atoms with E-state index in [1.165, 1.54) is 0 Å². The largest absolute Gasteiger partial charge is 0.497 e. The van der Waals surface area contributed by atoms with Gasteiger partial charge in [0.25, 0.3) is 0 Å². The van der Waals surface area contributed by atoms with Crippen LogP contribution in [0.2, 0.25) is 5.02 Å². The summed E-state index contributed by atoms with van der Waals surface area (Å²) >= 11 is 5.95. The van der Waals surface area contributed by atoms with Gasteiger partial charge in [0, 0.05) is 43.0 Å². The van der Waals surface area contributed by atoms with Crippen molar-refractivity contribution in [1.82, 2.24) is 10.6 Å². The first-order chi connectivity index (χ1) is 14.5. The van der Waals surface area contributed by atoms with Gasteiger partial charge in [0.05, 0.1) is 13.7 Å². The maximum Gasteiger partial charge on any atom is 0.314 e. The summed E-state index contributed by atoms with van der Waals surface area (Å²) in [7, 11) is 1.68. The number of carbonyl (C=O) groups excluding carboxylic acids is 1. The average molecular weight is 432 g/mol. The predicted molar refractivity (Wildman–Crippen MR) is 121 cm³/mol. The highest BCUT2D eigenvalue weighted by Gasteiger charge is 2.23. The van der Waals surface area contributed by atoms with E-state index in [4.69, 9.17) is 21.1 Å². The molecule has 1 heterocycles. The van der Waals surface area contributed by atoms with Gasteiger partial charge in [-0.25, -0.2) is 4.79 Å². The fraction of sp³-hybridized carbons (Fsp3) is 0.435. The third-order valence-corrected chi connectivity index (χ3v) is 5.49. The first kappa shape index (κ1) is 22.1. The van der Waals surface area contributed by atoms with Crippen LogP contribution in [0.1, 0.15) is 18.4 Å². The van der Waals surface area contributed by atoms with E-state index >= 15 is 0 Å². The molecular formula is C23H30ClN3O3. The number of aryl methyl sites for hydroxylation is 1. The minimum atomic E-state index is -0.127. The number of anilines is 1. The van der Waals surface area contributed by atoms with Crippen LogP contribution in [0.4, 0.5) is 10.5 Å². The molecule has 1 atom stereocenters. The number of amides is 2. The van der Waals surface area contributed by atoms with Gasteiger partial charge in [-0.3, -0.25) is 0 Å². The summed E-state index contributed by atoms with van der Waals surface area (Å²) < 4.78 is 11.0. The zero-order valence-electron chi connectivity index (χ0n) is 17.6. The van der Waals surface area contributed by atoms with Crippen LogP contribution in [-0.4, -0.2) is 45.9 Å². The van der Waals surface area contributed by atoms with Crippen molar-refractivity contribution in [2.45, 2.75) is 19.8 Å². The Morgan fingerprint density at radius 2 is 2.10 bits per heavy atom. The van der Waals surface area contributed by atoms with Gasteiger partial charge in [-0.1, -0.05) is 17.7 Å². The Labute approximate surface area is 183 Å². The number of nitrogens with one attached hydrogen (secondary N) is 2. The summed E-state index contributed by atoms with van der Waals surface area (Å²) in [5, 5.41) is 6.58. The highest BCUT2D eigenvalue weighted by Crippen LogP contribution is 2.26. The van der Waals surface area contributed by atoms with E-state index in [2.05, 4.69) is 27.7 Å². The molecule has 1 fully saturated rings. The van der Waals surface area contributed by atoms with E-state index in [0.29, 0.717) is 30.6 Å². The molecule has 2 aromatic carbocycles. The Bertz CT molecular complexity index is 846. The number of hydrogen-bond donors (Lipinski definition) is 2. The first-order valence-corrected chi connectivity index (χ1v) is 10.7. The summed E-state index contributed by atoms with van der Waals surface area (Å²) in [4.78, 5) is 14.4. The molecule has 30 heavy (non-hydrogen) atoms. The molecule has 0 aliphatic carbocycles. The number of urea groups is 1. The number of benzene rings is 2. The van der Waals surface area contributed by atoms with Gasteiger partial charge in [0.15, 0.2) is 0 Å². The molecule has 1 aliphatic rings. The van der Waals surface area contributed by atoms with E-state index in [-0.39, 0.29) is 6.03 Å².